The minimum atomic E-state index is -2.68. The van der Waals surface area contributed by atoms with Crippen LogP contribution >= 0.6 is 23.5 Å². The zero-order valence-electron chi connectivity index (χ0n) is 88.6. The number of nitrogens with two attached hydrogens (primary N) is 1. The van der Waals surface area contributed by atoms with Gasteiger partial charge in [-0.2, -0.15) is 23.5 Å². The number of hydrogen-bond acceptors (Lipinski definition) is 29. The molecule has 0 saturated carbocycles. The Morgan fingerprint density at radius 3 is 1.34 bits per heavy atom. The van der Waals surface area contributed by atoms with Gasteiger partial charge in [-0.25, -0.2) is 4.79 Å². The number of nitrogens with one attached hydrogen (secondary N) is 24. The van der Waals surface area contributed by atoms with Gasteiger partial charge >= 0.3 is 5.97 Å². The van der Waals surface area contributed by atoms with E-state index < -0.39 is 353 Å². The average molecular weight is 2140 g/mol. The average Bonchev–Trinajstić information content (AvgIpc) is 1.78. The van der Waals surface area contributed by atoms with Gasteiger partial charge in [-0.3, -0.25) is 115 Å². The Kier molecular flexibility index (Phi) is 54.1. The number of thioether (sulfide) groups is 2. The van der Waals surface area contributed by atoms with E-state index in [-0.39, 0.29) is 68.1 Å². The Hall–Kier alpha value is -13.4. The molecule has 3 aliphatic rings. The molecule has 28 N–H and O–H groups in total. The first-order valence-corrected chi connectivity index (χ1v) is 51.7. The van der Waals surface area contributed by atoms with Crippen LogP contribution in [0.3, 0.4) is 0 Å². The van der Waals surface area contributed by atoms with Crippen molar-refractivity contribution in [1.82, 2.24) is 128 Å². The minimum Gasteiger partial charge on any atom is -0.480 e. The van der Waals surface area contributed by atoms with E-state index in [2.05, 4.69) is 141 Å². The van der Waals surface area contributed by atoms with E-state index in [4.69, 9.17) is 5.73 Å². The number of carbonyl (C=O) groups is 25. The summed E-state index contributed by atoms with van der Waals surface area (Å²) < 4.78 is 0. The van der Waals surface area contributed by atoms with Crippen molar-refractivity contribution in [3.8, 4) is 0 Å². The number of rotatable bonds is 34. The molecule has 0 radical (unpaired) electrons. The predicted molar refractivity (Wildman–Crippen MR) is 546 cm³/mol. The highest BCUT2D eigenvalue weighted by molar-refractivity contribution is 7.99. The van der Waals surface area contributed by atoms with Crippen molar-refractivity contribution < 1.29 is 130 Å². The van der Waals surface area contributed by atoms with Gasteiger partial charge in [0.25, 0.3) is 17.7 Å². The second-order valence-electron chi connectivity index (χ2n) is 40.0. The van der Waals surface area contributed by atoms with Gasteiger partial charge in [-0.05, 0) is 121 Å². The summed E-state index contributed by atoms with van der Waals surface area (Å²) in [6.07, 6.45) is -1.67. The first-order chi connectivity index (χ1) is 69.4. The van der Waals surface area contributed by atoms with E-state index in [0.29, 0.717) is 23.5 Å². The lowest BCUT2D eigenvalue weighted by molar-refractivity contribution is -0.142. The van der Waals surface area contributed by atoms with Crippen molar-refractivity contribution in [2.45, 2.75) is 312 Å². The van der Waals surface area contributed by atoms with E-state index in [1.54, 1.807) is 76.2 Å². The van der Waals surface area contributed by atoms with Crippen LogP contribution in [0.25, 0.3) is 0 Å². The van der Waals surface area contributed by atoms with Crippen molar-refractivity contribution in [2.75, 3.05) is 49.2 Å². The molecule has 24 amide bonds. The van der Waals surface area contributed by atoms with Crippen molar-refractivity contribution >= 4 is 171 Å². The highest BCUT2D eigenvalue weighted by Gasteiger charge is 2.50. The van der Waals surface area contributed by atoms with Crippen molar-refractivity contribution in [3.05, 3.63) is 36.3 Å². The fourth-order valence-corrected chi connectivity index (χ4v) is 17.1. The second kappa shape index (κ2) is 62.1. The molecule has 0 aromatic carbocycles. The lowest BCUT2D eigenvalue weighted by Crippen LogP contribution is -2.69. The number of carboxylic acids is 1. The summed E-state index contributed by atoms with van der Waals surface area (Å²) in [5, 5.41) is 78.9. The molecule has 3 aliphatic heterocycles. The fourth-order valence-electron chi connectivity index (χ4n) is 14.7. The standard InChI is InChI=1S/C95H155N25O27S2/c1-25-48(17)73(92(144)113-62-32-95(120-79(131)54(23)103-75(127)51(20)105-85(62)137)40-149-39-65(87(139)112-61(93(145)146)31-45(11)12)116-84(136)59(29-43(7)8)110-83(135)60(30-44(9)10)111-91(143)72(47(15)16)119-94(95)147)118-88(140)64-38-148-37-63(114-76(128)49(18)101-69(125)36-99-67(123)34-97-66(122)33-98-68(124)35-100-89(141)70(96)55(24)121)86(138)107-56(26-2)80(132)117-71(46(13)14)90(142)106-53(22)77(129)108-58(28-42(5)6)82(134)109-57(27-41(3)4)81(133)104-50(19)74(126)102-52(21)78(130)115-64/h26,41-51,54-55,57-65,70-73,121H,21-22,25,27-40,96H2,1-20,23-24H3,(H,97,122)(H,98,124)(H,99,123)(H,100,141)(H,101,125)(H,102,126)(H,103,127)(H,104,133)(H,105,137)(H,106,142)(H,107,138)(H,108,129)(H,109,134)(H,110,135)(H,111,143)(H,112,139)(H,113,144)(H,114,128)(H,115,130)(H,116,136)(H,117,132)(H,118,140)(H,119,147)(H,120,131)(H,145,146). The van der Waals surface area contributed by atoms with Gasteiger partial charge in [0.1, 0.15) is 114 Å². The van der Waals surface area contributed by atoms with Gasteiger partial charge < -0.3 is 144 Å². The second-order valence-corrected chi connectivity index (χ2v) is 42.1. The molecule has 52 nitrogen and oxygen atoms in total. The number of carbonyl (C=O) groups excluding carboxylic acids is 24. The third-order valence-electron chi connectivity index (χ3n) is 23.5. The Balaban J connectivity index is 2.46. The molecule has 149 heavy (non-hydrogen) atoms. The topological polar surface area (TPSA) is 782 Å². The number of aliphatic hydroxyl groups is 1. The molecule has 3 saturated heterocycles. The molecule has 20 atom stereocenters. The number of aliphatic hydroxyl groups excluding tert-OH is 1. The Morgan fingerprint density at radius 1 is 0.430 bits per heavy atom. The predicted octanol–water partition coefficient (Wildman–Crippen LogP) is -7.30. The molecule has 54 heteroatoms. The molecule has 3 heterocycles. The van der Waals surface area contributed by atoms with Crippen LogP contribution in [0.2, 0.25) is 0 Å². The maximum atomic E-state index is 16.2. The lowest BCUT2D eigenvalue weighted by atomic mass is 9.88. The summed E-state index contributed by atoms with van der Waals surface area (Å²) in [6.45, 7) is 37.9. The zero-order valence-corrected chi connectivity index (χ0v) is 90.2. The van der Waals surface area contributed by atoms with E-state index in [9.17, 15) is 101 Å². The summed E-state index contributed by atoms with van der Waals surface area (Å²) in [5.74, 6) is -34.7. The lowest BCUT2D eigenvalue weighted by Gasteiger charge is -2.39. The SMILES string of the molecule is C=C1NC(=O)C(C(C)C)NC(=O)C(=CC)NC(=O)C(NC(=O)C(C)NC(=O)CNC(=O)CNC(=O)CNC(=O)CNC(=O)C(N)C(C)O)CSCC(C(=O)NC(C(=O)NC2CC3(CSCC(C(=O)NC(CC(C)C)C(=O)O)NC(=O)C(CC(C)C)NC(=O)C(CC(C)C)NC(=O)C(C(C)C)NC3=O)NC(=O)C(C)NC(=O)C(C)NC2=O)C(C)CC)NC(=O)C(=C)NC(=O)C(C)NC(=O)C(CC(C)C)NC(=O)C(CC(C)C)NC1=O. The van der Waals surface area contributed by atoms with Crippen molar-refractivity contribution in [2.24, 2.45) is 53.1 Å². The van der Waals surface area contributed by atoms with Gasteiger partial charge in [0.2, 0.25) is 124 Å². The van der Waals surface area contributed by atoms with E-state index in [1.165, 1.54) is 69.2 Å². The van der Waals surface area contributed by atoms with Crippen LogP contribution in [-0.4, -0.2) is 321 Å². The van der Waals surface area contributed by atoms with Gasteiger partial charge in [0.15, 0.2) is 0 Å². The number of hydrogen-bond donors (Lipinski definition) is 27. The highest BCUT2D eigenvalue weighted by atomic mass is 32.2. The van der Waals surface area contributed by atoms with Gasteiger partial charge in [-0.15, -0.1) is 0 Å². The molecular weight excluding hydrogens is 1990 g/mol. The van der Waals surface area contributed by atoms with Crippen LogP contribution in [0.15, 0.2) is 36.3 Å². The quantitative estimate of drug-likeness (QED) is 0.0266. The number of aliphatic carboxylic acids is 1. The van der Waals surface area contributed by atoms with Crippen molar-refractivity contribution in [3.63, 3.8) is 0 Å². The minimum absolute atomic E-state index is 0.0441. The van der Waals surface area contributed by atoms with Gasteiger partial charge in [0, 0.05) is 29.4 Å². The zero-order chi connectivity index (χ0) is 113. The molecule has 1 spiro atoms. The van der Waals surface area contributed by atoms with E-state index in [0.717, 1.165) is 13.0 Å². The first-order valence-electron chi connectivity index (χ1n) is 49.4. The van der Waals surface area contributed by atoms with Crippen LogP contribution < -0.4 is 133 Å². The van der Waals surface area contributed by atoms with Crippen LogP contribution in [0.5, 0.6) is 0 Å². The molecule has 834 valence electrons. The highest BCUT2D eigenvalue weighted by Crippen LogP contribution is 2.27. The first kappa shape index (κ1) is 130. The van der Waals surface area contributed by atoms with Crippen LogP contribution in [0, 0.1) is 47.3 Å². The molecule has 20 unspecified atom stereocenters. The smallest absolute Gasteiger partial charge is 0.326 e. The van der Waals surface area contributed by atoms with Crippen LogP contribution in [0.4, 0.5) is 0 Å². The van der Waals surface area contributed by atoms with Crippen LogP contribution in [0.1, 0.15) is 197 Å². The third-order valence-corrected chi connectivity index (χ3v) is 25.9. The van der Waals surface area contributed by atoms with Crippen molar-refractivity contribution in [1.29, 1.82) is 0 Å². The monoisotopic (exact) mass is 2140 g/mol. The van der Waals surface area contributed by atoms with E-state index in [1.807, 2.05) is 0 Å². The normalized spacial score (nSPS) is 24.9. The molecule has 3 rings (SSSR count). The summed E-state index contributed by atoms with van der Waals surface area (Å²) in [6, 6.07) is -28.1. The fraction of sp³-hybridized carbons (Fsp3) is 0.674. The molecule has 3 fully saturated rings. The maximum Gasteiger partial charge on any atom is 0.326 e. The molecule has 0 aromatic heterocycles. The largest absolute Gasteiger partial charge is 0.480 e. The number of amides is 24. The molecule has 0 aromatic rings. The molecular formula is C95H155N25O27S2. The van der Waals surface area contributed by atoms with Crippen LogP contribution in [-0.2, 0) is 120 Å². The summed E-state index contributed by atoms with van der Waals surface area (Å²) in [5.41, 5.74) is 0.813. The number of allylic oxidation sites excluding steroid dienone is 1. The summed E-state index contributed by atoms with van der Waals surface area (Å²) in [4.78, 5) is 357. The van der Waals surface area contributed by atoms with E-state index >= 15 is 28.8 Å². The molecule has 0 bridgehead atoms. The maximum absolute atomic E-state index is 16.2. The third kappa shape index (κ3) is 44.1. The van der Waals surface area contributed by atoms with Gasteiger partial charge in [-0.1, -0.05) is 136 Å². The number of carboxylic acid groups (broad SMARTS) is 1. The Morgan fingerprint density at radius 2 is 0.852 bits per heavy atom. The Bertz CT molecular complexity index is 4920. The Labute approximate surface area is 874 Å². The molecule has 0 aliphatic carbocycles. The summed E-state index contributed by atoms with van der Waals surface area (Å²) in [7, 11) is 0. The summed E-state index contributed by atoms with van der Waals surface area (Å²) >= 11 is 1.22. The van der Waals surface area contributed by atoms with Gasteiger partial charge in [0.05, 0.1) is 43.7 Å².